The highest BCUT2D eigenvalue weighted by atomic mass is 32.2. The first-order chi connectivity index (χ1) is 10.9. The molecule has 1 aromatic rings. The molecule has 3 aliphatic heterocycles. The van der Waals surface area contributed by atoms with E-state index >= 15 is 0 Å². The molecule has 0 radical (unpaired) electrons. The minimum absolute atomic E-state index is 0.506. The second-order valence-corrected chi connectivity index (χ2v) is 8.78. The first-order valence-corrected chi connectivity index (χ1v) is 10.5. The van der Waals surface area contributed by atoms with Gasteiger partial charge >= 0.3 is 0 Å². The molecule has 1 aromatic carbocycles. The first kappa shape index (κ1) is 16.9. The van der Waals surface area contributed by atoms with E-state index in [0.29, 0.717) is 11.8 Å². The molecule has 3 aliphatic rings. The van der Waals surface area contributed by atoms with Crippen molar-refractivity contribution < 1.29 is 17.5 Å². The lowest BCUT2D eigenvalue weighted by atomic mass is 9.80. The summed E-state index contributed by atoms with van der Waals surface area (Å²) in [5, 5.41) is 0. The average Bonchev–Trinajstić information content (AvgIpc) is 2.98. The molecule has 4 rings (SSSR count). The second-order valence-electron chi connectivity index (χ2n) is 7.37. The van der Waals surface area contributed by atoms with Gasteiger partial charge in [0, 0.05) is 37.5 Å². The number of hydrogen-bond acceptors (Lipinski definition) is 3. The van der Waals surface area contributed by atoms with Gasteiger partial charge in [0.15, 0.2) is 0 Å². The van der Waals surface area contributed by atoms with Gasteiger partial charge < -0.3 is 9.04 Å². The Morgan fingerprint density at radius 3 is 2.09 bits per heavy atom. The standard InChI is InChI=1S/C17H24N.CH4O3S/c1-3-7-15(8-4-1)17-11-9-16(10-12-17)18(17)13-5-2-6-14-18;1-5(2,3)4/h1,3-4,7-8,16H,2,5-6,9-14H2;1H3,(H,2,3,4)/q+1;/p-1. The fraction of sp³-hybridized carbons (Fsp3) is 0.667. The maximum absolute atomic E-state index is 9.08. The summed E-state index contributed by atoms with van der Waals surface area (Å²) in [4.78, 5) is 0. The van der Waals surface area contributed by atoms with Crippen molar-refractivity contribution >= 4 is 10.1 Å². The fourth-order valence-electron chi connectivity index (χ4n) is 5.53. The van der Waals surface area contributed by atoms with Crippen molar-refractivity contribution in [3.8, 4) is 0 Å². The van der Waals surface area contributed by atoms with Gasteiger partial charge in [0.2, 0.25) is 0 Å². The smallest absolute Gasteiger partial charge is 0.125 e. The number of rotatable bonds is 1. The Morgan fingerprint density at radius 2 is 1.57 bits per heavy atom. The molecular formula is C18H27NO3S. The molecule has 0 unspecified atom stereocenters. The Balaban J connectivity index is 0.000000276. The zero-order chi connectivity index (χ0) is 16.6. The summed E-state index contributed by atoms with van der Waals surface area (Å²) in [6, 6.07) is 12.5. The molecule has 0 saturated carbocycles. The Bertz CT molecular complexity index is 619. The van der Waals surface area contributed by atoms with E-state index in [9.17, 15) is 0 Å². The van der Waals surface area contributed by atoms with E-state index in [1.807, 2.05) is 0 Å². The average molecular weight is 337 g/mol. The van der Waals surface area contributed by atoms with Crippen molar-refractivity contribution in [1.82, 2.24) is 0 Å². The Morgan fingerprint density at radius 1 is 1.04 bits per heavy atom. The minimum atomic E-state index is -3.92. The molecule has 2 bridgehead atoms. The lowest BCUT2D eigenvalue weighted by Gasteiger charge is -2.49. The Labute approximate surface area is 139 Å². The lowest BCUT2D eigenvalue weighted by molar-refractivity contribution is -0.982. The van der Waals surface area contributed by atoms with Crippen LogP contribution in [0, 0.1) is 0 Å². The van der Waals surface area contributed by atoms with Crippen molar-refractivity contribution in [1.29, 1.82) is 0 Å². The summed E-state index contributed by atoms with van der Waals surface area (Å²) in [5.74, 6) is 0. The highest BCUT2D eigenvalue weighted by Crippen LogP contribution is 2.59. The van der Waals surface area contributed by atoms with E-state index in [1.165, 1.54) is 62.5 Å². The predicted octanol–water partition coefficient (Wildman–Crippen LogP) is 3.00. The third-order valence-electron chi connectivity index (χ3n) is 6.26. The lowest BCUT2D eigenvalue weighted by Crippen LogP contribution is -2.60. The van der Waals surface area contributed by atoms with Crippen LogP contribution in [0.3, 0.4) is 0 Å². The fourth-order valence-corrected chi connectivity index (χ4v) is 5.53. The van der Waals surface area contributed by atoms with Crippen LogP contribution in [0.25, 0.3) is 0 Å². The normalized spacial score (nSPS) is 31.7. The van der Waals surface area contributed by atoms with Crippen LogP contribution < -0.4 is 0 Å². The maximum Gasteiger partial charge on any atom is 0.125 e. The van der Waals surface area contributed by atoms with E-state index in [-0.39, 0.29) is 0 Å². The molecular weight excluding hydrogens is 310 g/mol. The number of nitrogens with zero attached hydrogens (tertiary/aromatic N) is 1. The van der Waals surface area contributed by atoms with Gasteiger partial charge in [0.1, 0.15) is 5.54 Å². The van der Waals surface area contributed by atoms with Gasteiger partial charge in [-0.1, -0.05) is 30.3 Å². The summed E-state index contributed by atoms with van der Waals surface area (Å²) in [6.45, 7) is 2.92. The van der Waals surface area contributed by atoms with Crippen LogP contribution in [0.5, 0.6) is 0 Å². The van der Waals surface area contributed by atoms with E-state index in [2.05, 4.69) is 30.3 Å². The third-order valence-corrected chi connectivity index (χ3v) is 6.26. The van der Waals surface area contributed by atoms with Crippen molar-refractivity contribution in [2.45, 2.75) is 56.5 Å². The van der Waals surface area contributed by atoms with Crippen LogP contribution in [0.1, 0.15) is 50.5 Å². The van der Waals surface area contributed by atoms with Crippen LogP contribution in [-0.4, -0.2) is 42.8 Å². The van der Waals surface area contributed by atoms with Crippen molar-refractivity contribution in [2.75, 3.05) is 19.3 Å². The van der Waals surface area contributed by atoms with Crippen LogP contribution in [0.4, 0.5) is 0 Å². The van der Waals surface area contributed by atoms with Crippen molar-refractivity contribution in [2.24, 2.45) is 0 Å². The number of piperidine rings is 1. The van der Waals surface area contributed by atoms with Crippen LogP contribution in [-0.2, 0) is 15.7 Å². The second kappa shape index (κ2) is 6.19. The van der Waals surface area contributed by atoms with Gasteiger partial charge in [-0.3, -0.25) is 0 Å². The molecule has 4 nitrogen and oxygen atoms in total. The predicted molar refractivity (Wildman–Crippen MR) is 89.8 cm³/mol. The number of quaternary nitrogens is 1. The molecule has 0 aromatic heterocycles. The van der Waals surface area contributed by atoms with Crippen molar-refractivity contribution in [3.63, 3.8) is 0 Å². The molecule has 3 fully saturated rings. The van der Waals surface area contributed by atoms with Gasteiger partial charge in [-0.15, -0.1) is 0 Å². The molecule has 128 valence electrons. The molecule has 3 heterocycles. The molecule has 3 saturated heterocycles. The summed E-state index contributed by atoms with van der Waals surface area (Å²) in [5.41, 5.74) is 2.15. The van der Waals surface area contributed by atoms with Crippen LogP contribution in [0.15, 0.2) is 30.3 Å². The number of hydrogen-bond donors (Lipinski definition) is 0. The van der Waals surface area contributed by atoms with Gasteiger partial charge in [-0.25, -0.2) is 8.42 Å². The van der Waals surface area contributed by atoms with Crippen LogP contribution >= 0.6 is 0 Å². The number of benzene rings is 1. The van der Waals surface area contributed by atoms with E-state index in [0.717, 1.165) is 6.04 Å². The molecule has 0 aliphatic carbocycles. The SMILES string of the molecule is CS(=O)(=O)[O-].c1ccc(C23CCC(CC2)[N+]32CCCCC2)cc1. The zero-order valence-corrected chi connectivity index (χ0v) is 14.7. The van der Waals surface area contributed by atoms with Gasteiger partial charge in [0.25, 0.3) is 0 Å². The highest BCUT2D eigenvalue weighted by molar-refractivity contribution is 7.84. The molecule has 23 heavy (non-hydrogen) atoms. The Hall–Kier alpha value is -0.910. The minimum Gasteiger partial charge on any atom is -0.748 e. The van der Waals surface area contributed by atoms with Crippen LogP contribution in [0.2, 0.25) is 0 Å². The summed E-state index contributed by atoms with van der Waals surface area (Å²) >= 11 is 0. The summed E-state index contributed by atoms with van der Waals surface area (Å²) < 4.78 is 28.7. The summed E-state index contributed by atoms with van der Waals surface area (Å²) in [6.07, 6.45) is 10.9. The van der Waals surface area contributed by atoms with E-state index < -0.39 is 10.1 Å². The molecule has 1 spiro atoms. The van der Waals surface area contributed by atoms with Gasteiger partial charge in [0.05, 0.1) is 29.2 Å². The highest BCUT2D eigenvalue weighted by Gasteiger charge is 2.65. The Kier molecular flexibility index (Phi) is 4.55. The molecule has 5 heteroatoms. The topological polar surface area (TPSA) is 57.2 Å². The zero-order valence-electron chi connectivity index (χ0n) is 13.9. The summed E-state index contributed by atoms with van der Waals surface area (Å²) in [7, 11) is -3.92. The van der Waals surface area contributed by atoms with E-state index in [1.54, 1.807) is 5.56 Å². The third kappa shape index (κ3) is 3.06. The quantitative estimate of drug-likeness (QED) is 0.585. The first-order valence-electron chi connectivity index (χ1n) is 8.71. The molecule has 0 N–H and O–H groups in total. The van der Waals surface area contributed by atoms with Crippen molar-refractivity contribution in [3.05, 3.63) is 35.9 Å². The molecule has 0 atom stereocenters. The molecule has 0 amide bonds. The van der Waals surface area contributed by atoms with Gasteiger partial charge in [-0.2, -0.15) is 0 Å². The maximum atomic E-state index is 9.08. The largest absolute Gasteiger partial charge is 0.748 e. The van der Waals surface area contributed by atoms with Gasteiger partial charge in [-0.05, 0) is 19.3 Å². The van der Waals surface area contributed by atoms with E-state index in [4.69, 9.17) is 13.0 Å². The monoisotopic (exact) mass is 337 g/mol.